The van der Waals surface area contributed by atoms with Crippen LogP contribution in [-0.4, -0.2) is 6.36 Å². The number of ether oxygens (including phenoxy) is 1. The average Bonchev–Trinajstić information content (AvgIpc) is 2.30. The van der Waals surface area contributed by atoms with Crippen LogP contribution in [0.4, 0.5) is 13.2 Å². The maximum Gasteiger partial charge on any atom is 0.573 e. The summed E-state index contributed by atoms with van der Waals surface area (Å²) in [7, 11) is 0. The molecule has 0 saturated heterocycles. The first-order valence-corrected chi connectivity index (χ1v) is 6.55. The molecule has 0 aliphatic rings. The predicted octanol–water partition coefficient (Wildman–Crippen LogP) is 5.17. The Morgan fingerprint density at radius 1 is 1.00 bits per heavy atom. The van der Waals surface area contributed by atoms with Crippen molar-refractivity contribution in [3.63, 3.8) is 0 Å². The van der Waals surface area contributed by atoms with Crippen molar-refractivity contribution in [1.82, 2.24) is 0 Å². The molecule has 0 spiro atoms. The van der Waals surface area contributed by atoms with E-state index in [0.29, 0.717) is 3.57 Å². The van der Waals surface area contributed by atoms with Crippen LogP contribution in [0, 0.1) is 10.5 Å². The lowest BCUT2D eigenvalue weighted by Gasteiger charge is -2.11. The van der Waals surface area contributed by atoms with Crippen LogP contribution in [0.5, 0.6) is 5.75 Å². The molecule has 2 aromatic rings. The Bertz CT molecular complexity index is 593. The number of alkyl halides is 3. The third-order valence-electron chi connectivity index (χ3n) is 2.51. The molecular formula is C14H10F3IO. The fourth-order valence-electron chi connectivity index (χ4n) is 1.71. The van der Waals surface area contributed by atoms with Gasteiger partial charge in [-0.2, -0.15) is 0 Å². The van der Waals surface area contributed by atoms with Gasteiger partial charge in [-0.3, -0.25) is 0 Å². The van der Waals surface area contributed by atoms with Crippen LogP contribution in [0.3, 0.4) is 0 Å². The Morgan fingerprint density at radius 3 is 2.26 bits per heavy atom. The fourth-order valence-corrected chi connectivity index (χ4v) is 2.34. The molecule has 100 valence electrons. The number of hydrogen-bond donors (Lipinski definition) is 0. The van der Waals surface area contributed by atoms with Gasteiger partial charge in [0.25, 0.3) is 0 Å². The average molecular weight is 378 g/mol. The summed E-state index contributed by atoms with van der Waals surface area (Å²) in [6.07, 6.45) is -4.66. The van der Waals surface area contributed by atoms with Gasteiger partial charge in [-0.05, 0) is 52.8 Å². The minimum absolute atomic E-state index is 0.176. The van der Waals surface area contributed by atoms with Gasteiger partial charge < -0.3 is 4.74 Å². The molecule has 5 heteroatoms. The fraction of sp³-hybridized carbons (Fsp3) is 0.143. The van der Waals surface area contributed by atoms with Crippen molar-refractivity contribution < 1.29 is 17.9 Å². The van der Waals surface area contributed by atoms with E-state index in [4.69, 9.17) is 0 Å². The molecule has 0 fully saturated rings. The molecule has 0 unspecified atom stereocenters. The van der Waals surface area contributed by atoms with Gasteiger partial charge in [-0.1, -0.05) is 35.9 Å². The standard InChI is InChI=1S/C14H10F3IO/c1-9-3-2-4-10(7-9)11-5-6-13(12(18)8-11)19-14(15,16)17/h2-8H,1H3. The number of aryl methyl sites for hydroxylation is 1. The van der Waals surface area contributed by atoms with E-state index >= 15 is 0 Å². The third kappa shape index (κ3) is 3.86. The van der Waals surface area contributed by atoms with E-state index in [1.165, 1.54) is 6.07 Å². The summed E-state index contributed by atoms with van der Waals surface area (Å²) >= 11 is 1.84. The smallest absolute Gasteiger partial charge is 0.405 e. The predicted molar refractivity (Wildman–Crippen MR) is 76.0 cm³/mol. The summed E-state index contributed by atoms with van der Waals surface area (Å²) in [5.41, 5.74) is 2.93. The normalized spacial score (nSPS) is 11.4. The molecule has 2 aromatic carbocycles. The molecule has 0 amide bonds. The van der Waals surface area contributed by atoms with E-state index in [9.17, 15) is 13.2 Å². The van der Waals surface area contributed by atoms with Gasteiger partial charge >= 0.3 is 6.36 Å². The van der Waals surface area contributed by atoms with Crippen LogP contribution in [0.15, 0.2) is 42.5 Å². The minimum Gasteiger partial charge on any atom is -0.405 e. The monoisotopic (exact) mass is 378 g/mol. The second kappa shape index (κ2) is 5.40. The maximum absolute atomic E-state index is 12.2. The molecular weight excluding hydrogens is 368 g/mol. The van der Waals surface area contributed by atoms with E-state index in [1.807, 2.05) is 53.8 Å². The lowest BCUT2D eigenvalue weighted by Crippen LogP contribution is -2.17. The summed E-state index contributed by atoms with van der Waals surface area (Å²) in [6.45, 7) is 1.97. The molecule has 19 heavy (non-hydrogen) atoms. The zero-order valence-electron chi connectivity index (χ0n) is 9.96. The lowest BCUT2D eigenvalue weighted by atomic mass is 10.0. The Morgan fingerprint density at radius 2 is 1.68 bits per heavy atom. The largest absolute Gasteiger partial charge is 0.573 e. The van der Waals surface area contributed by atoms with Gasteiger partial charge in [0, 0.05) is 0 Å². The Labute approximate surface area is 122 Å². The first kappa shape index (κ1) is 14.2. The van der Waals surface area contributed by atoms with Crippen LogP contribution in [0.25, 0.3) is 11.1 Å². The Hall–Kier alpha value is -1.24. The van der Waals surface area contributed by atoms with Gasteiger partial charge in [0.2, 0.25) is 0 Å². The number of halogens is 4. The second-order valence-corrected chi connectivity index (χ2v) is 5.22. The molecule has 0 N–H and O–H groups in total. The van der Waals surface area contributed by atoms with Crippen LogP contribution < -0.4 is 4.74 Å². The molecule has 0 radical (unpaired) electrons. The number of rotatable bonds is 2. The highest BCUT2D eigenvalue weighted by atomic mass is 127. The Kier molecular flexibility index (Phi) is 4.03. The molecule has 0 aromatic heterocycles. The van der Waals surface area contributed by atoms with Crippen LogP contribution in [0.2, 0.25) is 0 Å². The molecule has 0 atom stereocenters. The SMILES string of the molecule is Cc1cccc(-c2ccc(OC(F)(F)F)c(I)c2)c1. The zero-order chi connectivity index (χ0) is 14.0. The zero-order valence-corrected chi connectivity index (χ0v) is 12.1. The van der Waals surface area contributed by atoms with Gasteiger partial charge in [0.15, 0.2) is 0 Å². The van der Waals surface area contributed by atoms with Crippen LogP contribution in [-0.2, 0) is 0 Å². The van der Waals surface area contributed by atoms with Crippen molar-refractivity contribution in [2.24, 2.45) is 0 Å². The summed E-state index contributed by atoms with van der Waals surface area (Å²) in [4.78, 5) is 0. The maximum atomic E-state index is 12.2. The van der Waals surface area contributed by atoms with Crippen molar-refractivity contribution in [3.8, 4) is 16.9 Å². The minimum atomic E-state index is -4.66. The highest BCUT2D eigenvalue weighted by Crippen LogP contribution is 2.31. The third-order valence-corrected chi connectivity index (χ3v) is 3.35. The molecule has 0 bridgehead atoms. The van der Waals surface area contributed by atoms with Gasteiger partial charge in [-0.15, -0.1) is 13.2 Å². The lowest BCUT2D eigenvalue weighted by molar-refractivity contribution is -0.274. The van der Waals surface area contributed by atoms with E-state index in [2.05, 4.69) is 4.74 Å². The number of hydrogen-bond acceptors (Lipinski definition) is 1. The summed E-state index contributed by atoms with van der Waals surface area (Å²) in [6, 6.07) is 12.4. The van der Waals surface area contributed by atoms with E-state index in [1.54, 1.807) is 12.1 Å². The van der Waals surface area contributed by atoms with Crippen molar-refractivity contribution in [1.29, 1.82) is 0 Å². The molecule has 0 aliphatic heterocycles. The summed E-state index contributed by atoms with van der Waals surface area (Å²) in [5.74, 6) is -0.176. The van der Waals surface area contributed by atoms with Gasteiger partial charge in [0.1, 0.15) is 5.75 Å². The molecule has 0 aliphatic carbocycles. The van der Waals surface area contributed by atoms with E-state index in [-0.39, 0.29) is 5.75 Å². The second-order valence-electron chi connectivity index (χ2n) is 4.06. The van der Waals surface area contributed by atoms with Crippen LogP contribution >= 0.6 is 22.6 Å². The molecule has 1 nitrogen and oxygen atoms in total. The topological polar surface area (TPSA) is 9.23 Å². The van der Waals surface area contributed by atoms with Gasteiger partial charge in [0.05, 0.1) is 3.57 Å². The highest BCUT2D eigenvalue weighted by molar-refractivity contribution is 14.1. The van der Waals surface area contributed by atoms with E-state index < -0.39 is 6.36 Å². The number of benzene rings is 2. The van der Waals surface area contributed by atoms with Gasteiger partial charge in [-0.25, -0.2) is 0 Å². The molecule has 0 heterocycles. The van der Waals surface area contributed by atoms with Crippen molar-refractivity contribution in [2.75, 3.05) is 0 Å². The van der Waals surface area contributed by atoms with Crippen molar-refractivity contribution >= 4 is 22.6 Å². The molecule has 0 saturated carbocycles. The van der Waals surface area contributed by atoms with Crippen molar-refractivity contribution in [3.05, 3.63) is 51.6 Å². The van der Waals surface area contributed by atoms with Crippen LogP contribution in [0.1, 0.15) is 5.56 Å². The Balaban J connectivity index is 2.34. The van der Waals surface area contributed by atoms with E-state index in [0.717, 1.165) is 16.7 Å². The summed E-state index contributed by atoms with van der Waals surface area (Å²) < 4.78 is 40.9. The van der Waals surface area contributed by atoms with Crippen molar-refractivity contribution in [2.45, 2.75) is 13.3 Å². The molecule has 2 rings (SSSR count). The quantitative estimate of drug-likeness (QED) is 0.656. The highest BCUT2D eigenvalue weighted by Gasteiger charge is 2.31. The summed E-state index contributed by atoms with van der Waals surface area (Å²) in [5, 5.41) is 0. The first-order valence-electron chi connectivity index (χ1n) is 5.47. The first-order chi connectivity index (χ1) is 8.85.